The quantitative estimate of drug-likeness (QED) is 0.684. The van der Waals surface area contributed by atoms with Crippen molar-refractivity contribution in [1.29, 1.82) is 0 Å². The summed E-state index contributed by atoms with van der Waals surface area (Å²) >= 11 is 0. The zero-order chi connectivity index (χ0) is 21.5. The van der Waals surface area contributed by atoms with Crippen molar-refractivity contribution in [2.45, 2.75) is 69.5 Å². The van der Waals surface area contributed by atoms with E-state index in [2.05, 4.69) is 4.72 Å². The lowest BCUT2D eigenvalue weighted by molar-refractivity contribution is -0.140. The van der Waals surface area contributed by atoms with Crippen molar-refractivity contribution in [2.24, 2.45) is 23.2 Å². The first-order chi connectivity index (χ1) is 14.2. The number of allylic oxidation sites excluding steroid dienone is 2. The van der Waals surface area contributed by atoms with E-state index in [1.54, 1.807) is 11.9 Å². The zero-order valence-electron chi connectivity index (χ0n) is 17.6. The molecule has 0 spiro atoms. The van der Waals surface area contributed by atoms with Crippen LogP contribution in [-0.4, -0.2) is 49.8 Å². The predicted molar refractivity (Wildman–Crippen MR) is 112 cm³/mol. The van der Waals surface area contributed by atoms with Gasteiger partial charge in [-0.1, -0.05) is 18.6 Å². The van der Waals surface area contributed by atoms with Gasteiger partial charge in [-0.3, -0.25) is 19.1 Å². The highest BCUT2D eigenvalue weighted by atomic mass is 32.2. The summed E-state index contributed by atoms with van der Waals surface area (Å²) < 4.78 is 26.9. The second kappa shape index (κ2) is 8.09. The first-order valence-electron chi connectivity index (χ1n) is 11.2. The Morgan fingerprint density at radius 3 is 2.57 bits per heavy atom. The average molecular weight is 437 g/mol. The van der Waals surface area contributed by atoms with Gasteiger partial charge in [-0.2, -0.15) is 0 Å². The Labute approximate surface area is 178 Å². The number of nitrogens with zero attached hydrogens (tertiary/aromatic N) is 1. The Morgan fingerprint density at radius 1 is 1.10 bits per heavy atom. The molecule has 0 bridgehead atoms. The van der Waals surface area contributed by atoms with Crippen LogP contribution in [0.1, 0.15) is 64.2 Å². The minimum absolute atomic E-state index is 0.0200. The molecule has 1 aliphatic heterocycles. The number of rotatable bonds is 3. The van der Waals surface area contributed by atoms with Gasteiger partial charge in [-0.25, -0.2) is 8.42 Å². The van der Waals surface area contributed by atoms with Crippen LogP contribution in [0, 0.1) is 23.2 Å². The van der Waals surface area contributed by atoms with E-state index in [9.17, 15) is 22.8 Å². The summed E-state index contributed by atoms with van der Waals surface area (Å²) in [5, 5.41) is -0.479. The summed E-state index contributed by atoms with van der Waals surface area (Å²) in [6.07, 6.45) is 10.6. The second-order valence-electron chi connectivity index (χ2n) is 9.61. The van der Waals surface area contributed by atoms with Crippen molar-refractivity contribution in [3.8, 4) is 0 Å². The molecular formula is C22H32N2O5S. The van der Waals surface area contributed by atoms with Crippen molar-refractivity contribution >= 4 is 27.6 Å². The molecule has 4 aliphatic rings. The zero-order valence-corrected chi connectivity index (χ0v) is 18.5. The van der Waals surface area contributed by atoms with Crippen molar-refractivity contribution in [3.05, 3.63) is 12.2 Å². The summed E-state index contributed by atoms with van der Waals surface area (Å²) in [4.78, 5) is 41.0. The summed E-state index contributed by atoms with van der Waals surface area (Å²) in [5.74, 6) is -1.36. The van der Waals surface area contributed by atoms with Crippen LogP contribution < -0.4 is 4.72 Å². The topological polar surface area (TPSA) is 101 Å². The number of nitrogens with one attached hydrogen (secondary N) is 1. The molecule has 2 unspecified atom stereocenters. The highest BCUT2D eigenvalue weighted by molar-refractivity contribution is 7.90. The number of hydrogen-bond acceptors (Lipinski definition) is 5. The van der Waals surface area contributed by atoms with Gasteiger partial charge in [-0.15, -0.1) is 0 Å². The van der Waals surface area contributed by atoms with Gasteiger partial charge in [0, 0.05) is 31.8 Å². The molecule has 166 valence electrons. The molecule has 2 amide bonds. The number of fused-ring (bicyclic) bond motifs is 2. The SMILES string of the molecule is CN1CCCC/C=C\C2C[C@@]2(C(=O)NS(=O)(=O)C2CC2)CC(=O)[C@@H]2CCCC2C1=O. The van der Waals surface area contributed by atoms with Gasteiger partial charge in [0.2, 0.25) is 21.8 Å². The van der Waals surface area contributed by atoms with Crippen LogP contribution in [0.4, 0.5) is 0 Å². The van der Waals surface area contributed by atoms with Gasteiger partial charge in [0.1, 0.15) is 5.78 Å². The van der Waals surface area contributed by atoms with Crippen LogP contribution in [0.5, 0.6) is 0 Å². The van der Waals surface area contributed by atoms with Crippen LogP contribution in [0.3, 0.4) is 0 Å². The fourth-order valence-electron chi connectivity index (χ4n) is 5.17. The molecule has 0 aromatic rings. The minimum atomic E-state index is -3.65. The second-order valence-corrected chi connectivity index (χ2v) is 11.6. The molecule has 0 radical (unpaired) electrons. The molecule has 30 heavy (non-hydrogen) atoms. The van der Waals surface area contributed by atoms with E-state index >= 15 is 0 Å². The Kier molecular flexibility index (Phi) is 5.81. The maximum Gasteiger partial charge on any atom is 0.240 e. The smallest absolute Gasteiger partial charge is 0.240 e. The number of ketones is 1. The Bertz CT molecular complexity index is 863. The molecule has 3 fully saturated rings. The number of sulfonamides is 1. The average Bonchev–Trinajstić information content (AvgIpc) is 3.60. The van der Waals surface area contributed by atoms with Gasteiger partial charge in [-0.05, 0) is 57.3 Å². The molecule has 8 heteroatoms. The maximum absolute atomic E-state index is 13.3. The van der Waals surface area contributed by atoms with Crippen LogP contribution in [0.25, 0.3) is 0 Å². The lowest BCUT2D eigenvalue weighted by Crippen LogP contribution is -2.42. The van der Waals surface area contributed by atoms with E-state index in [4.69, 9.17) is 0 Å². The third kappa shape index (κ3) is 4.20. The highest BCUT2D eigenvalue weighted by Gasteiger charge is 2.61. The van der Waals surface area contributed by atoms with Gasteiger partial charge >= 0.3 is 0 Å². The van der Waals surface area contributed by atoms with E-state index in [1.165, 1.54) is 0 Å². The van der Waals surface area contributed by atoms with Crippen LogP contribution in [0.2, 0.25) is 0 Å². The number of Topliss-reactive ketones (excluding diaryl/α,β-unsaturated/α-hetero) is 1. The summed E-state index contributed by atoms with van der Waals surface area (Å²) in [6, 6.07) is 0. The van der Waals surface area contributed by atoms with Gasteiger partial charge < -0.3 is 4.90 Å². The Hall–Kier alpha value is -1.70. The molecule has 0 saturated heterocycles. The molecule has 3 saturated carbocycles. The lowest BCUT2D eigenvalue weighted by atomic mass is 9.84. The first-order valence-corrected chi connectivity index (χ1v) is 12.8. The molecule has 1 heterocycles. The van der Waals surface area contributed by atoms with E-state index in [-0.39, 0.29) is 35.9 Å². The summed E-state index contributed by atoms with van der Waals surface area (Å²) in [6.45, 7) is 0.693. The minimum Gasteiger partial charge on any atom is -0.346 e. The molecule has 3 aliphatic carbocycles. The van der Waals surface area contributed by atoms with Crippen molar-refractivity contribution in [3.63, 3.8) is 0 Å². The molecular weight excluding hydrogens is 404 g/mol. The number of carbonyl (C=O) groups is 3. The Morgan fingerprint density at radius 2 is 1.83 bits per heavy atom. The molecule has 7 nitrogen and oxygen atoms in total. The van der Waals surface area contributed by atoms with Gasteiger partial charge in [0.05, 0.1) is 10.7 Å². The normalized spacial score (nSPS) is 36.4. The lowest BCUT2D eigenvalue weighted by Gasteiger charge is -2.26. The molecule has 4 atom stereocenters. The van der Waals surface area contributed by atoms with Crippen molar-refractivity contribution in [1.82, 2.24) is 9.62 Å². The number of carbonyl (C=O) groups excluding carboxylic acids is 3. The third-order valence-corrected chi connectivity index (χ3v) is 9.20. The van der Waals surface area contributed by atoms with E-state index in [0.29, 0.717) is 38.6 Å². The molecule has 1 N–H and O–H groups in total. The first kappa shape index (κ1) is 21.5. The predicted octanol–water partition coefficient (Wildman–Crippen LogP) is 2.18. The fourth-order valence-corrected chi connectivity index (χ4v) is 6.56. The van der Waals surface area contributed by atoms with Crippen LogP contribution in [-0.2, 0) is 24.4 Å². The van der Waals surface area contributed by atoms with Crippen molar-refractivity contribution in [2.75, 3.05) is 13.6 Å². The van der Waals surface area contributed by atoms with Crippen LogP contribution in [0.15, 0.2) is 12.2 Å². The van der Waals surface area contributed by atoms with Gasteiger partial charge in [0.25, 0.3) is 0 Å². The Balaban J connectivity index is 1.57. The summed E-state index contributed by atoms with van der Waals surface area (Å²) in [7, 11) is -1.85. The standard InChI is InChI=1S/C22H32N2O5S/c1-24-12-5-3-2-4-7-15-13-22(15,21(27)23-30(28,29)16-10-11-16)14-19(25)17-8-6-9-18(17)20(24)26/h4,7,15-18H,2-3,5-6,8-14H2,1H3,(H,23,27)/b7-4-/t15?,17-,18?,22-/m1/s1. The van der Waals surface area contributed by atoms with Gasteiger partial charge in [0.15, 0.2) is 0 Å². The largest absolute Gasteiger partial charge is 0.346 e. The molecule has 0 aromatic heterocycles. The monoisotopic (exact) mass is 436 g/mol. The van der Waals surface area contributed by atoms with E-state index < -0.39 is 26.6 Å². The third-order valence-electron chi connectivity index (χ3n) is 7.38. The van der Waals surface area contributed by atoms with E-state index in [0.717, 1.165) is 25.7 Å². The van der Waals surface area contributed by atoms with Crippen LogP contribution >= 0.6 is 0 Å². The number of hydrogen-bond donors (Lipinski definition) is 1. The van der Waals surface area contributed by atoms with E-state index in [1.807, 2.05) is 12.2 Å². The summed E-state index contributed by atoms with van der Waals surface area (Å²) in [5.41, 5.74) is -0.984. The maximum atomic E-state index is 13.3. The van der Waals surface area contributed by atoms with Crippen molar-refractivity contribution < 1.29 is 22.8 Å². The number of amides is 2. The molecule has 4 rings (SSSR count). The highest BCUT2D eigenvalue weighted by Crippen LogP contribution is 2.57. The fraction of sp³-hybridized carbons (Fsp3) is 0.773. The molecule has 0 aromatic carbocycles.